The number of nitro benzene ring substituents is 1. The lowest BCUT2D eigenvalue weighted by molar-refractivity contribution is -0.385. The highest BCUT2D eigenvalue weighted by atomic mass is 32.2. The van der Waals surface area contributed by atoms with Gasteiger partial charge >= 0.3 is 15.6 Å². The number of hydrogen-bond acceptors (Lipinski definition) is 5. The van der Waals surface area contributed by atoms with Crippen molar-refractivity contribution < 1.29 is 35.1 Å². The van der Waals surface area contributed by atoms with E-state index >= 15 is 0 Å². The van der Waals surface area contributed by atoms with Gasteiger partial charge in [-0.2, -0.15) is 21.6 Å². The van der Waals surface area contributed by atoms with E-state index in [2.05, 4.69) is 4.18 Å². The summed E-state index contributed by atoms with van der Waals surface area (Å²) in [6.45, 7) is -1.30. The quantitative estimate of drug-likeness (QED) is 0.279. The average Bonchev–Trinajstić information content (AvgIpc) is 2.26. The Morgan fingerprint density at radius 2 is 1.89 bits per heavy atom. The van der Waals surface area contributed by atoms with Crippen molar-refractivity contribution in [1.29, 1.82) is 0 Å². The Morgan fingerprint density at radius 1 is 1.32 bits per heavy atom. The maximum atomic E-state index is 13.1. The SMILES string of the molecule is O=[N+]([O-])c1ccc(F)c(COS(=O)(=O)C(F)(F)F)c1. The first-order valence-corrected chi connectivity index (χ1v) is 5.84. The zero-order valence-electron chi connectivity index (χ0n) is 8.85. The van der Waals surface area contributed by atoms with Gasteiger partial charge in [0.2, 0.25) is 0 Å². The lowest BCUT2D eigenvalue weighted by Crippen LogP contribution is -2.25. The maximum absolute atomic E-state index is 13.1. The molecule has 0 aliphatic rings. The van der Waals surface area contributed by atoms with Crippen LogP contribution in [0.15, 0.2) is 18.2 Å². The van der Waals surface area contributed by atoms with Gasteiger partial charge in [-0.25, -0.2) is 4.39 Å². The van der Waals surface area contributed by atoms with Gasteiger partial charge in [-0.3, -0.25) is 14.3 Å². The Balaban J connectivity index is 2.96. The van der Waals surface area contributed by atoms with Gasteiger partial charge in [0.25, 0.3) is 5.69 Å². The second-order valence-electron chi connectivity index (χ2n) is 3.19. The van der Waals surface area contributed by atoms with E-state index in [-0.39, 0.29) is 0 Å². The summed E-state index contributed by atoms with van der Waals surface area (Å²) in [4.78, 5) is 9.45. The molecule has 0 bridgehead atoms. The fourth-order valence-corrected chi connectivity index (χ4v) is 1.41. The van der Waals surface area contributed by atoms with Crippen LogP contribution in [-0.2, 0) is 20.9 Å². The van der Waals surface area contributed by atoms with E-state index < -0.39 is 44.2 Å². The lowest BCUT2D eigenvalue weighted by atomic mass is 10.2. The van der Waals surface area contributed by atoms with Crippen LogP contribution in [0.5, 0.6) is 0 Å². The van der Waals surface area contributed by atoms with Crippen molar-refractivity contribution in [2.75, 3.05) is 0 Å². The van der Waals surface area contributed by atoms with Crippen molar-refractivity contribution in [3.63, 3.8) is 0 Å². The molecule has 1 aromatic rings. The minimum atomic E-state index is -5.88. The minimum Gasteiger partial charge on any atom is -0.258 e. The van der Waals surface area contributed by atoms with Gasteiger partial charge in [0, 0.05) is 17.7 Å². The van der Waals surface area contributed by atoms with Crippen LogP contribution in [0.3, 0.4) is 0 Å². The highest BCUT2D eigenvalue weighted by Gasteiger charge is 2.47. The first kappa shape index (κ1) is 15.3. The molecule has 0 amide bonds. The van der Waals surface area contributed by atoms with Gasteiger partial charge in [0.1, 0.15) is 5.82 Å². The molecule has 0 fully saturated rings. The van der Waals surface area contributed by atoms with E-state index in [4.69, 9.17) is 0 Å². The van der Waals surface area contributed by atoms with Gasteiger partial charge < -0.3 is 0 Å². The molecule has 6 nitrogen and oxygen atoms in total. The van der Waals surface area contributed by atoms with Crippen LogP contribution < -0.4 is 0 Å². The molecule has 0 aliphatic heterocycles. The largest absolute Gasteiger partial charge is 0.523 e. The molecule has 0 spiro atoms. The van der Waals surface area contributed by atoms with Gasteiger partial charge in [-0.1, -0.05) is 0 Å². The Labute approximate surface area is 103 Å². The molecule has 106 valence electrons. The summed E-state index contributed by atoms with van der Waals surface area (Å²) in [7, 11) is -5.88. The van der Waals surface area contributed by atoms with Crippen LogP contribution in [-0.4, -0.2) is 18.8 Å². The number of benzene rings is 1. The van der Waals surface area contributed by atoms with E-state index in [0.29, 0.717) is 12.1 Å². The zero-order valence-corrected chi connectivity index (χ0v) is 9.66. The number of halogens is 4. The summed E-state index contributed by atoms with van der Waals surface area (Å²) >= 11 is 0. The van der Waals surface area contributed by atoms with E-state index in [0.717, 1.165) is 6.07 Å². The lowest BCUT2D eigenvalue weighted by Gasteiger charge is -2.08. The predicted molar refractivity (Wildman–Crippen MR) is 52.8 cm³/mol. The van der Waals surface area contributed by atoms with Crippen LogP contribution in [0.25, 0.3) is 0 Å². The van der Waals surface area contributed by atoms with E-state index in [1.54, 1.807) is 0 Å². The first-order valence-electron chi connectivity index (χ1n) is 4.43. The molecular weight excluding hydrogens is 298 g/mol. The highest BCUT2D eigenvalue weighted by molar-refractivity contribution is 7.87. The fraction of sp³-hybridized carbons (Fsp3) is 0.250. The normalized spacial score (nSPS) is 12.4. The third-order valence-electron chi connectivity index (χ3n) is 1.89. The first-order chi connectivity index (χ1) is 8.54. The van der Waals surface area contributed by atoms with Crippen LogP contribution >= 0.6 is 0 Å². The van der Waals surface area contributed by atoms with Crippen LogP contribution in [0.4, 0.5) is 23.2 Å². The predicted octanol–water partition coefficient (Wildman–Crippen LogP) is 2.10. The third kappa shape index (κ3) is 3.61. The van der Waals surface area contributed by atoms with Crippen molar-refractivity contribution in [2.45, 2.75) is 12.1 Å². The van der Waals surface area contributed by atoms with Gasteiger partial charge in [-0.15, -0.1) is 0 Å². The summed E-state index contributed by atoms with van der Waals surface area (Å²) < 4.78 is 73.6. The number of alkyl halides is 3. The summed E-state index contributed by atoms with van der Waals surface area (Å²) in [6.07, 6.45) is 0. The molecule has 1 aromatic carbocycles. The highest BCUT2D eigenvalue weighted by Crippen LogP contribution is 2.26. The zero-order chi connectivity index (χ0) is 14.8. The summed E-state index contributed by atoms with van der Waals surface area (Å²) in [6, 6.07) is 1.98. The Kier molecular flexibility index (Phi) is 4.10. The van der Waals surface area contributed by atoms with Crippen LogP contribution in [0.1, 0.15) is 5.56 Å². The number of nitro groups is 1. The molecule has 0 aliphatic carbocycles. The molecule has 0 saturated carbocycles. The van der Waals surface area contributed by atoms with Crippen molar-refractivity contribution in [3.05, 3.63) is 39.7 Å². The molecule has 0 N–H and O–H groups in total. The second kappa shape index (κ2) is 5.09. The van der Waals surface area contributed by atoms with Crippen molar-refractivity contribution in [3.8, 4) is 0 Å². The van der Waals surface area contributed by atoms with Crippen molar-refractivity contribution in [2.24, 2.45) is 0 Å². The van der Waals surface area contributed by atoms with Crippen LogP contribution in [0, 0.1) is 15.9 Å². The monoisotopic (exact) mass is 303 g/mol. The van der Waals surface area contributed by atoms with E-state index in [1.807, 2.05) is 0 Å². The smallest absolute Gasteiger partial charge is 0.258 e. The Bertz CT molecular complexity index is 598. The molecule has 0 heterocycles. The van der Waals surface area contributed by atoms with Crippen LogP contribution in [0.2, 0.25) is 0 Å². The molecule has 0 unspecified atom stereocenters. The second-order valence-corrected chi connectivity index (χ2v) is 4.80. The molecule has 11 heteroatoms. The van der Waals surface area contributed by atoms with E-state index in [1.165, 1.54) is 0 Å². The minimum absolute atomic E-state index is 0.585. The van der Waals surface area contributed by atoms with Gasteiger partial charge in [0.05, 0.1) is 11.5 Å². The van der Waals surface area contributed by atoms with Crippen molar-refractivity contribution >= 4 is 15.8 Å². The third-order valence-corrected chi connectivity index (χ3v) is 2.89. The molecule has 0 atom stereocenters. The summed E-state index contributed by atoms with van der Waals surface area (Å²) in [5.74, 6) is -1.12. The molecule has 0 radical (unpaired) electrons. The topological polar surface area (TPSA) is 86.5 Å². The van der Waals surface area contributed by atoms with Gasteiger partial charge in [0.15, 0.2) is 0 Å². The van der Waals surface area contributed by atoms with Crippen molar-refractivity contribution in [1.82, 2.24) is 0 Å². The summed E-state index contributed by atoms with van der Waals surface area (Å²) in [5.41, 5.74) is -6.93. The Morgan fingerprint density at radius 3 is 2.37 bits per heavy atom. The standard InChI is InChI=1S/C8H5F4NO5S/c9-7-2-1-6(13(14)15)3-5(7)4-18-19(16,17)8(10,11)12/h1-3H,4H2. The number of hydrogen-bond donors (Lipinski definition) is 0. The molecule has 1 rings (SSSR count). The Hall–Kier alpha value is -1.75. The van der Waals surface area contributed by atoms with Gasteiger partial charge in [-0.05, 0) is 6.07 Å². The number of nitrogens with zero attached hydrogens (tertiary/aromatic N) is 1. The average molecular weight is 303 g/mol. The number of non-ortho nitro benzene ring substituents is 1. The van der Waals surface area contributed by atoms with E-state index in [9.17, 15) is 36.1 Å². The molecule has 0 saturated heterocycles. The fourth-order valence-electron chi connectivity index (χ4n) is 0.993. The summed E-state index contributed by atoms with van der Waals surface area (Å²) in [5, 5.41) is 10.4. The number of rotatable bonds is 4. The maximum Gasteiger partial charge on any atom is 0.523 e. The molecule has 0 aromatic heterocycles. The molecular formula is C8H5F4NO5S. The molecule has 19 heavy (non-hydrogen) atoms.